The van der Waals surface area contributed by atoms with E-state index in [0.29, 0.717) is 12.1 Å². The molecule has 1 aromatic carbocycles. The molecule has 1 fully saturated rings. The van der Waals surface area contributed by atoms with E-state index in [0.717, 1.165) is 12.5 Å². The summed E-state index contributed by atoms with van der Waals surface area (Å²) in [7, 11) is 0. The van der Waals surface area contributed by atoms with E-state index in [1.807, 2.05) is 0 Å². The maximum Gasteiger partial charge on any atom is 0.0484 e. The van der Waals surface area contributed by atoms with Gasteiger partial charge in [-0.2, -0.15) is 0 Å². The molecule has 1 N–H and O–H groups in total. The van der Waals surface area contributed by atoms with Crippen LogP contribution in [0.4, 0.5) is 0 Å². The molecule has 1 aliphatic heterocycles. The summed E-state index contributed by atoms with van der Waals surface area (Å²) in [5, 5.41) is 3.72. The van der Waals surface area contributed by atoms with Crippen LogP contribution in [-0.4, -0.2) is 30.6 Å². The molecular formula is C17H26N2. The lowest BCUT2D eigenvalue weighted by Gasteiger charge is -2.38. The second-order valence-corrected chi connectivity index (χ2v) is 6.22. The first-order valence-corrected chi connectivity index (χ1v) is 7.84. The topological polar surface area (TPSA) is 15.3 Å². The first-order valence-electron chi connectivity index (χ1n) is 7.84. The van der Waals surface area contributed by atoms with Crippen molar-refractivity contribution in [3.8, 4) is 0 Å². The van der Waals surface area contributed by atoms with E-state index in [4.69, 9.17) is 0 Å². The summed E-state index contributed by atoms with van der Waals surface area (Å²) in [5.41, 5.74) is 3.09. The van der Waals surface area contributed by atoms with Crippen LogP contribution in [0.5, 0.6) is 0 Å². The Bertz CT molecular complexity index is 421. The zero-order valence-electron chi connectivity index (χ0n) is 12.2. The van der Waals surface area contributed by atoms with Gasteiger partial charge in [-0.05, 0) is 55.9 Å². The summed E-state index contributed by atoms with van der Waals surface area (Å²) in [6.07, 6.45) is 3.96. The van der Waals surface area contributed by atoms with Gasteiger partial charge in [0.1, 0.15) is 0 Å². The number of fused-ring (bicyclic) bond motifs is 1. The molecule has 0 bridgehead atoms. The molecule has 1 saturated heterocycles. The van der Waals surface area contributed by atoms with Crippen LogP contribution >= 0.6 is 0 Å². The fraction of sp³-hybridized carbons (Fsp3) is 0.647. The predicted molar refractivity (Wildman–Crippen MR) is 80.3 cm³/mol. The van der Waals surface area contributed by atoms with E-state index in [-0.39, 0.29) is 0 Å². The molecule has 1 aliphatic carbocycles. The average Bonchev–Trinajstić information content (AvgIpc) is 2.79. The third-order valence-electron chi connectivity index (χ3n) is 4.92. The van der Waals surface area contributed by atoms with E-state index >= 15 is 0 Å². The molecule has 3 rings (SSSR count). The van der Waals surface area contributed by atoms with Gasteiger partial charge in [0.2, 0.25) is 0 Å². The SMILES string of the molecule is CCNC1c2ccccc2CC1N1CCC(C)CC1. The molecule has 2 nitrogen and oxygen atoms in total. The van der Waals surface area contributed by atoms with Crippen LogP contribution in [0.1, 0.15) is 43.9 Å². The summed E-state index contributed by atoms with van der Waals surface area (Å²) in [6.45, 7) is 8.22. The number of likely N-dealkylation sites (tertiary alicyclic amines) is 1. The summed E-state index contributed by atoms with van der Waals surface area (Å²) in [4.78, 5) is 2.73. The second kappa shape index (κ2) is 5.64. The Balaban J connectivity index is 1.79. The molecule has 19 heavy (non-hydrogen) atoms. The number of nitrogens with one attached hydrogen (secondary N) is 1. The standard InChI is InChI=1S/C17H26N2/c1-3-18-17-15-7-5-4-6-14(15)12-16(17)19-10-8-13(2)9-11-19/h4-7,13,16-18H,3,8-12H2,1-2H3. The fourth-order valence-corrected chi connectivity index (χ4v) is 3.74. The quantitative estimate of drug-likeness (QED) is 0.896. The highest BCUT2D eigenvalue weighted by atomic mass is 15.2. The minimum atomic E-state index is 0.537. The molecule has 1 aromatic rings. The molecular weight excluding hydrogens is 232 g/mol. The zero-order chi connectivity index (χ0) is 13.2. The van der Waals surface area contributed by atoms with Crippen molar-refractivity contribution >= 4 is 0 Å². The van der Waals surface area contributed by atoms with Gasteiger partial charge in [0.05, 0.1) is 0 Å². The van der Waals surface area contributed by atoms with Crippen LogP contribution in [0, 0.1) is 5.92 Å². The lowest BCUT2D eigenvalue weighted by Crippen LogP contribution is -2.46. The highest BCUT2D eigenvalue weighted by molar-refractivity contribution is 5.37. The van der Waals surface area contributed by atoms with Gasteiger partial charge in [-0.15, -0.1) is 0 Å². The molecule has 2 atom stereocenters. The minimum Gasteiger partial charge on any atom is -0.309 e. The van der Waals surface area contributed by atoms with Gasteiger partial charge < -0.3 is 5.32 Å². The van der Waals surface area contributed by atoms with E-state index in [9.17, 15) is 0 Å². The van der Waals surface area contributed by atoms with Crippen LogP contribution < -0.4 is 5.32 Å². The van der Waals surface area contributed by atoms with Gasteiger partial charge in [-0.25, -0.2) is 0 Å². The largest absolute Gasteiger partial charge is 0.309 e. The molecule has 0 amide bonds. The Morgan fingerprint density at radius 1 is 1.21 bits per heavy atom. The van der Waals surface area contributed by atoms with Crippen molar-refractivity contribution in [1.29, 1.82) is 0 Å². The number of nitrogens with zero attached hydrogens (tertiary/aromatic N) is 1. The van der Waals surface area contributed by atoms with Gasteiger partial charge in [0, 0.05) is 12.1 Å². The third kappa shape index (κ3) is 2.56. The van der Waals surface area contributed by atoms with Gasteiger partial charge in [0.25, 0.3) is 0 Å². The summed E-state index contributed by atoms with van der Waals surface area (Å²) >= 11 is 0. The van der Waals surface area contributed by atoms with Crippen molar-refractivity contribution in [2.75, 3.05) is 19.6 Å². The number of rotatable bonds is 3. The molecule has 2 aliphatic rings. The van der Waals surface area contributed by atoms with Crippen molar-refractivity contribution < 1.29 is 0 Å². The first kappa shape index (κ1) is 13.1. The third-order valence-corrected chi connectivity index (χ3v) is 4.92. The number of benzene rings is 1. The molecule has 0 spiro atoms. The van der Waals surface area contributed by atoms with Gasteiger partial charge in [0.15, 0.2) is 0 Å². The smallest absolute Gasteiger partial charge is 0.0484 e. The normalized spacial score (nSPS) is 28.5. The van der Waals surface area contributed by atoms with Crippen LogP contribution in [0.15, 0.2) is 24.3 Å². The number of hydrogen-bond acceptors (Lipinski definition) is 2. The number of hydrogen-bond donors (Lipinski definition) is 1. The maximum absolute atomic E-state index is 3.72. The molecule has 2 heteroatoms. The van der Waals surface area contributed by atoms with Crippen molar-refractivity contribution in [2.24, 2.45) is 5.92 Å². The maximum atomic E-state index is 3.72. The van der Waals surface area contributed by atoms with Crippen molar-refractivity contribution in [1.82, 2.24) is 10.2 Å². The van der Waals surface area contributed by atoms with Crippen molar-refractivity contribution in [2.45, 2.75) is 45.2 Å². The summed E-state index contributed by atoms with van der Waals surface area (Å²) < 4.78 is 0. The molecule has 104 valence electrons. The van der Waals surface area contributed by atoms with Crippen LogP contribution in [-0.2, 0) is 6.42 Å². The Kier molecular flexibility index (Phi) is 3.90. The summed E-state index contributed by atoms with van der Waals surface area (Å²) in [6, 6.07) is 10.2. The predicted octanol–water partition coefficient (Wildman–Crippen LogP) is 2.99. The summed E-state index contributed by atoms with van der Waals surface area (Å²) in [5.74, 6) is 0.914. The van der Waals surface area contributed by atoms with Crippen LogP contribution in [0.25, 0.3) is 0 Å². The Morgan fingerprint density at radius 3 is 2.68 bits per heavy atom. The van der Waals surface area contributed by atoms with E-state index in [1.54, 1.807) is 5.56 Å². The average molecular weight is 258 g/mol. The monoisotopic (exact) mass is 258 g/mol. The van der Waals surface area contributed by atoms with Crippen molar-refractivity contribution in [3.05, 3.63) is 35.4 Å². The molecule has 0 saturated carbocycles. The van der Waals surface area contributed by atoms with Gasteiger partial charge >= 0.3 is 0 Å². The molecule has 2 unspecified atom stereocenters. The first-order chi connectivity index (χ1) is 9.29. The Labute approximate surface area is 117 Å². The van der Waals surface area contributed by atoms with E-state index < -0.39 is 0 Å². The highest BCUT2D eigenvalue weighted by Crippen LogP contribution is 2.36. The molecule has 1 heterocycles. The number of likely N-dealkylation sites (N-methyl/N-ethyl adjacent to an activating group) is 1. The Morgan fingerprint density at radius 2 is 1.95 bits per heavy atom. The fourth-order valence-electron chi connectivity index (χ4n) is 3.74. The zero-order valence-corrected chi connectivity index (χ0v) is 12.2. The minimum absolute atomic E-state index is 0.537. The molecule has 0 aromatic heterocycles. The van der Waals surface area contributed by atoms with E-state index in [2.05, 4.69) is 48.3 Å². The van der Waals surface area contributed by atoms with Crippen molar-refractivity contribution in [3.63, 3.8) is 0 Å². The lowest BCUT2D eigenvalue weighted by molar-refractivity contribution is 0.118. The van der Waals surface area contributed by atoms with Crippen LogP contribution in [0.3, 0.4) is 0 Å². The van der Waals surface area contributed by atoms with Gasteiger partial charge in [-0.3, -0.25) is 4.90 Å². The lowest BCUT2D eigenvalue weighted by atomic mass is 9.96. The second-order valence-electron chi connectivity index (χ2n) is 6.22. The number of piperidine rings is 1. The van der Waals surface area contributed by atoms with Crippen LogP contribution in [0.2, 0.25) is 0 Å². The van der Waals surface area contributed by atoms with Gasteiger partial charge in [-0.1, -0.05) is 38.1 Å². The Hall–Kier alpha value is -0.860. The molecule has 0 radical (unpaired) electrons. The van der Waals surface area contributed by atoms with E-state index in [1.165, 1.54) is 37.9 Å². The highest BCUT2D eigenvalue weighted by Gasteiger charge is 2.36.